The van der Waals surface area contributed by atoms with Crippen molar-refractivity contribution in [1.82, 2.24) is 9.80 Å². The molecule has 0 atom stereocenters. The zero-order valence-corrected chi connectivity index (χ0v) is 23.2. The van der Waals surface area contributed by atoms with Crippen LogP contribution in [0, 0.1) is 0 Å². The van der Waals surface area contributed by atoms with Gasteiger partial charge in [-0.15, -0.1) is 22.8 Å². The Bertz CT molecular complexity index is 999. The average Bonchev–Trinajstić information content (AvgIpc) is 2.84. The molecule has 0 aromatic heterocycles. The van der Waals surface area contributed by atoms with Crippen LogP contribution in [0.1, 0.15) is 38.8 Å². The molecular weight excluding hydrogens is 532 g/mol. The average molecular weight is 562 g/mol. The van der Waals surface area contributed by atoms with Crippen molar-refractivity contribution in [2.45, 2.75) is 32.6 Å². The first kappa shape index (κ1) is 30.1. The van der Waals surface area contributed by atoms with E-state index in [1.165, 1.54) is 0 Å². The number of nitrogens with zero attached hydrogens (tertiary/aromatic N) is 6. The van der Waals surface area contributed by atoms with Crippen LogP contribution in [-0.4, -0.2) is 57.7 Å². The van der Waals surface area contributed by atoms with Gasteiger partial charge in [-0.1, -0.05) is 42.5 Å². The molecule has 6 nitrogen and oxygen atoms in total. The summed E-state index contributed by atoms with van der Waals surface area (Å²) in [4.78, 5) is 4.78. The second-order valence-electron chi connectivity index (χ2n) is 6.92. The molecular formula is C24H30CuN6S3. The predicted molar refractivity (Wildman–Crippen MR) is 149 cm³/mol. The Labute approximate surface area is 230 Å². The Morgan fingerprint density at radius 3 is 1.41 bits per heavy atom. The third kappa shape index (κ3) is 8.67. The molecule has 0 aliphatic rings. The molecule has 0 saturated heterocycles. The molecule has 0 heterocycles. The normalized spacial score (nSPS) is 12.9. The molecule has 0 unspecified atom stereocenters. The van der Waals surface area contributed by atoms with Crippen LogP contribution in [0.4, 0.5) is 0 Å². The SMILES string of the molecule is CCN(CC)C([S-])=NN=C(C(=NN=C([S-])N(CC)CC)c1ccc(S)cc1)c1ccccc1.[Cu+2]. The summed E-state index contributed by atoms with van der Waals surface area (Å²) < 4.78 is 0. The molecule has 0 aliphatic heterocycles. The van der Waals surface area contributed by atoms with Gasteiger partial charge in [-0.05, 0) is 39.8 Å². The van der Waals surface area contributed by atoms with E-state index in [2.05, 4.69) is 33.0 Å². The predicted octanol–water partition coefficient (Wildman–Crippen LogP) is 4.57. The monoisotopic (exact) mass is 561 g/mol. The van der Waals surface area contributed by atoms with Crippen LogP contribution in [0.25, 0.3) is 0 Å². The molecule has 2 aromatic carbocycles. The zero-order valence-electron chi connectivity index (χ0n) is 19.8. The molecule has 185 valence electrons. The van der Waals surface area contributed by atoms with Gasteiger partial charge in [-0.25, -0.2) is 0 Å². The fourth-order valence-corrected chi connectivity index (χ4v) is 3.75. The molecule has 2 aromatic rings. The van der Waals surface area contributed by atoms with Gasteiger partial charge in [0.2, 0.25) is 0 Å². The number of hydrogen-bond acceptors (Lipinski definition) is 7. The van der Waals surface area contributed by atoms with Gasteiger partial charge in [0.1, 0.15) is 11.4 Å². The largest absolute Gasteiger partial charge is 2.00 e. The molecule has 0 spiro atoms. The Morgan fingerprint density at radius 2 is 1.03 bits per heavy atom. The molecule has 0 fully saturated rings. The van der Waals surface area contributed by atoms with Crippen molar-refractivity contribution >= 4 is 59.6 Å². The minimum Gasteiger partial charge on any atom is -0.741 e. The van der Waals surface area contributed by atoms with Gasteiger partial charge in [0, 0.05) is 52.5 Å². The van der Waals surface area contributed by atoms with E-state index in [4.69, 9.17) is 25.3 Å². The van der Waals surface area contributed by atoms with Crippen molar-refractivity contribution in [3.63, 3.8) is 0 Å². The van der Waals surface area contributed by atoms with E-state index in [0.29, 0.717) is 21.8 Å². The smallest absolute Gasteiger partial charge is 0.741 e. The maximum Gasteiger partial charge on any atom is 2.00 e. The minimum absolute atomic E-state index is 0. The van der Waals surface area contributed by atoms with Gasteiger partial charge in [0.05, 0.1) is 0 Å². The first-order valence-electron chi connectivity index (χ1n) is 10.9. The fourth-order valence-electron chi connectivity index (χ4n) is 3.00. The third-order valence-corrected chi connectivity index (χ3v) is 5.93. The summed E-state index contributed by atoms with van der Waals surface area (Å²) in [6.07, 6.45) is 0. The van der Waals surface area contributed by atoms with Gasteiger partial charge in [0.25, 0.3) is 0 Å². The Hall–Kier alpha value is -1.97. The molecule has 0 amide bonds. The van der Waals surface area contributed by atoms with E-state index < -0.39 is 0 Å². The van der Waals surface area contributed by atoms with E-state index in [-0.39, 0.29) is 17.1 Å². The van der Waals surface area contributed by atoms with Crippen LogP contribution in [0.2, 0.25) is 0 Å². The number of thiol groups is 1. The van der Waals surface area contributed by atoms with Crippen LogP contribution in [0.3, 0.4) is 0 Å². The molecule has 34 heavy (non-hydrogen) atoms. The summed E-state index contributed by atoms with van der Waals surface area (Å²) in [5, 5.41) is 18.7. The Morgan fingerprint density at radius 1 is 0.647 bits per heavy atom. The van der Waals surface area contributed by atoms with Gasteiger partial charge in [-0.2, -0.15) is 10.2 Å². The quantitative estimate of drug-likeness (QED) is 0.122. The number of benzene rings is 2. The van der Waals surface area contributed by atoms with Crippen molar-refractivity contribution < 1.29 is 17.1 Å². The summed E-state index contributed by atoms with van der Waals surface area (Å²) in [5.41, 5.74) is 2.78. The molecule has 0 saturated carbocycles. The Kier molecular flexibility index (Phi) is 14.0. The molecule has 2 rings (SSSR count). The van der Waals surface area contributed by atoms with E-state index in [1.54, 1.807) is 0 Å². The van der Waals surface area contributed by atoms with Crippen LogP contribution >= 0.6 is 12.6 Å². The van der Waals surface area contributed by atoms with Gasteiger partial charge in [-0.3, -0.25) is 0 Å². The summed E-state index contributed by atoms with van der Waals surface area (Å²) in [7, 11) is 0. The molecule has 0 N–H and O–H groups in total. The molecule has 1 radical (unpaired) electrons. The summed E-state index contributed by atoms with van der Waals surface area (Å²) >= 11 is 15.4. The van der Waals surface area contributed by atoms with E-state index in [9.17, 15) is 0 Å². The van der Waals surface area contributed by atoms with E-state index >= 15 is 0 Å². The Balaban J connectivity index is 0.00000578. The van der Waals surface area contributed by atoms with Gasteiger partial charge >= 0.3 is 17.1 Å². The molecule has 0 aliphatic carbocycles. The number of rotatable bonds is 9. The zero-order chi connectivity index (χ0) is 24.2. The number of amidine groups is 2. The minimum atomic E-state index is 0. The van der Waals surface area contributed by atoms with Crippen molar-refractivity contribution in [3.05, 3.63) is 65.7 Å². The fraction of sp³-hybridized carbons (Fsp3) is 0.333. The molecule has 0 bridgehead atoms. The topological polar surface area (TPSA) is 55.9 Å². The standard InChI is InChI=1S/C24H32N6S3.Cu/c1-5-29(6-2)23(32)27-25-21(18-12-10-9-11-13-18)22(19-14-16-20(31)17-15-19)26-28-24(33)30(7-3)8-4;/h9-17,31H,5-8H2,1-4H3,(H,27,32)(H,28,33);/q;+2/p-2. The van der Waals surface area contributed by atoms with Crippen molar-refractivity contribution in [3.8, 4) is 0 Å². The van der Waals surface area contributed by atoms with Gasteiger partial charge in [0.15, 0.2) is 0 Å². The maximum atomic E-state index is 5.49. The van der Waals surface area contributed by atoms with Gasteiger partial charge < -0.3 is 35.1 Å². The van der Waals surface area contributed by atoms with Crippen molar-refractivity contribution in [1.29, 1.82) is 0 Å². The van der Waals surface area contributed by atoms with Crippen LogP contribution in [0.15, 0.2) is 79.9 Å². The van der Waals surface area contributed by atoms with Crippen LogP contribution < -0.4 is 0 Å². The third-order valence-electron chi connectivity index (χ3n) is 4.95. The second-order valence-corrected chi connectivity index (χ2v) is 8.17. The molecule has 10 heteroatoms. The van der Waals surface area contributed by atoms with Crippen LogP contribution in [0.5, 0.6) is 0 Å². The van der Waals surface area contributed by atoms with E-state index in [1.807, 2.05) is 92.1 Å². The van der Waals surface area contributed by atoms with Crippen molar-refractivity contribution in [2.75, 3.05) is 26.2 Å². The maximum absolute atomic E-state index is 5.49. The first-order valence-corrected chi connectivity index (χ1v) is 12.2. The second kappa shape index (κ2) is 15.8. The number of hydrogen-bond donors (Lipinski definition) is 1. The summed E-state index contributed by atoms with van der Waals surface area (Å²) in [5.74, 6) is 0. The first-order chi connectivity index (χ1) is 15.9. The van der Waals surface area contributed by atoms with Crippen LogP contribution in [-0.2, 0) is 42.3 Å². The van der Waals surface area contributed by atoms with E-state index in [0.717, 1.165) is 42.2 Å². The summed E-state index contributed by atoms with van der Waals surface area (Å²) in [6, 6.07) is 17.4. The summed E-state index contributed by atoms with van der Waals surface area (Å²) in [6.45, 7) is 11.2. The van der Waals surface area contributed by atoms with Crippen molar-refractivity contribution in [2.24, 2.45) is 20.4 Å².